The Hall–Kier alpha value is -1.71. The number of benzene rings is 2. The molecule has 3 nitrogen and oxygen atoms in total. The van der Waals surface area contributed by atoms with E-state index in [-0.39, 0.29) is 0 Å². The molecule has 1 aromatic heterocycles. The van der Waals surface area contributed by atoms with E-state index in [9.17, 15) is 0 Å². The topological polar surface area (TPSA) is 43.8 Å². The number of aromatic nitrogens is 2. The van der Waals surface area contributed by atoms with Gasteiger partial charge in [-0.25, -0.2) is 4.98 Å². The van der Waals surface area contributed by atoms with Gasteiger partial charge in [-0.2, -0.15) is 0 Å². The monoisotopic (exact) mass is 291 g/mol. The summed E-state index contributed by atoms with van der Waals surface area (Å²) in [6.45, 7) is 2.02. The van der Waals surface area contributed by atoms with E-state index < -0.39 is 0 Å². The Morgan fingerprint density at radius 1 is 1.11 bits per heavy atom. The molecule has 3 rings (SSSR count). The summed E-state index contributed by atoms with van der Waals surface area (Å²) in [6.07, 6.45) is 0. The van der Waals surface area contributed by atoms with Gasteiger partial charge < -0.3 is 5.73 Å². The van der Waals surface area contributed by atoms with Crippen LogP contribution in [0.2, 0.25) is 10.0 Å². The van der Waals surface area contributed by atoms with E-state index in [1.807, 2.05) is 25.1 Å². The molecule has 5 heteroatoms. The molecule has 2 aromatic carbocycles. The average Bonchev–Trinajstić information content (AvgIpc) is 2.66. The lowest BCUT2D eigenvalue weighted by Crippen LogP contribution is -2.02. The molecule has 96 valence electrons. The lowest BCUT2D eigenvalue weighted by atomic mass is 10.2. The summed E-state index contributed by atoms with van der Waals surface area (Å²) in [5.41, 5.74) is 9.51. The van der Waals surface area contributed by atoms with Crippen molar-refractivity contribution < 1.29 is 0 Å². The maximum Gasteiger partial charge on any atom is 0.206 e. The predicted molar refractivity (Wildman–Crippen MR) is 80.2 cm³/mol. The number of hydrogen-bond acceptors (Lipinski definition) is 2. The Bertz CT molecular complexity index is 757. The number of nitrogen functional groups attached to an aromatic ring is 1. The van der Waals surface area contributed by atoms with E-state index in [4.69, 9.17) is 28.9 Å². The third-order valence-electron chi connectivity index (χ3n) is 3.00. The van der Waals surface area contributed by atoms with Gasteiger partial charge in [-0.3, -0.25) is 4.57 Å². The van der Waals surface area contributed by atoms with Crippen LogP contribution >= 0.6 is 23.2 Å². The molecular formula is C14H11Cl2N3. The molecule has 2 N–H and O–H groups in total. The van der Waals surface area contributed by atoms with Gasteiger partial charge in [0, 0.05) is 0 Å². The third kappa shape index (κ3) is 1.95. The Labute approximate surface area is 120 Å². The zero-order valence-electron chi connectivity index (χ0n) is 10.2. The van der Waals surface area contributed by atoms with Crippen LogP contribution in [0, 0.1) is 6.92 Å². The average molecular weight is 292 g/mol. The predicted octanol–water partition coefficient (Wildman–Crippen LogP) is 4.22. The van der Waals surface area contributed by atoms with Gasteiger partial charge in [-0.05, 0) is 36.8 Å². The number of para-hydroxylation sites is 1. The molecule has 19 heavy (non-hydrogen) atoms. The van der Waals surface area contributed by atoms with E-state index in [0.29, 0.717) is 21.7 Å². The summed E-state index contributed by atoms with van der Waals surface area (Å²) in [4.78, 5) is 4.34. The van der Waals surface area contributed by atoms with Crippen LogP contribution < -0.4 is 5.73 Å². The number of halogens is 2. The maximum absolute atomic E-state index is 6.24. The molecule has 0 atom stereocenters. The van der Waals surface area contributed by atoms with E-state index in [0.717, 1.165) is 16.6 Å². The largest absolute Gasteiger partial charge is 0.369 e. The number of imidazole rings is 1. The quantitative estimate of drug-likeness (QED) is 0.729. The molecule has 0 amide bonds. The molecular weight excluding hydrogens is 281 g/mol. The lowest BCUT2D eigenvalue weighted by Gasteiger charge is -2.10. The lowest BCUT2D eigenvalue weighted by molar-refractivity contribution is 1.11. The molecule has 0 bridgehead atoms. The molecule has 0 radical (unpaired) electrons. The number of nitrogens with two attached hydrogens (primary N) is 1. The Morgan fingerprint density at radius 3 is 2.47 bits per heavy atom. The van der Waals surface area contributed by atoms with E-state index in [1.54, 1.807) is 22.8 Å². The van der Waals surface area contributed by atoms with Crippen molar-refractivity contribution in [1.82, 2.24) is 9.55 Å². The first-order valence-electron chi connectivity index (χ1n) is 5.77. The Kier molecular flexibility index (Phi) is 2.88. The molecule has 1 heterocycles. The van der Waals surface area contributed by atoms with E-state index in [1.165, 1.54) is 0 Å². The van der Waals surface area contributed by atoms with Gasteiger partial charge in [0.1, 0.15) is 0 Å². The Balaban J connectivity index is 2.42. The number of anilines is 1. The Morgan fingerprint density at radius 2 is 1.79 bits per heavy atom. The van der Waals surface area contributed by atoms with Crippen LogP contribution in [0.1, 0.15) is 5.56 Å². The van der Waals surface area contributed by atoms with Crippen LogP contribution in [-0.2, 0) is 0 Å². The molecule has 0 spiro atoms. The normalized spacial score (nSPS) is 11.1. The van der Waals surface area contributed by atoms with Crippen LogP contribution in [0.25, 0.3) is 16.7 Å². The van der Waals surface area contributed by atoms with Crippen molar-refractivity contribution in [3.05, 3.63) is 52.0 Å². The fourth-order valence-corrected chi connectivity index (χ4v) is 2.71. The molecule has 0 unspecified atom stereocenters. The van der Waals surface area contributed by atoms with Gasteiger partial charge in [0.15, 0.2) is 0 Å². The summed E-state index contributed by atoms with van der Waals surface area (Å²) in [5.74, 6) is 0.371. The summed E-state index contributed by atoms with van der Waals surface area (Å²) in [5, 5.41) is 1.08. The fraction of sp³-hybridized carbons (Fsp3) is 0.0714. The van der Waals surface area contributed by atoms with Crippen LogP contribution in [0.15, 0.2) is 36.4 Å². The number of aryl methyl sites for hydroxylation is 1. The SMILES string of the molecule is Cc1ccc2nc(N)n(-c3c(Cl)cccc3Cl)c2c1. The van der Waals surface area contributed by atoms with Crippen molar-refractivity contribution in [2.45, 2.75) is 6.92 Å². The van der Waals surface area contributed by atoms with Crippen LogP contribution in [0.4, 0.5) is 5.95 Å². The van der Waals surface area contributed by atoms with Gasteiger partial charge in [0.2, 0.25) is 5.95 Å². The summed E-state index contributed by atoms with van der Waals surface area (Å²) < 4.78 is 1.78. The first kappa shape index (κ1) is 12.3. The standard InChI is InChI=1S/C14H11Cl2N3/c1-8-5-6-11-12(7-8)19(14(17)18-11)13-9(15)3-2-4-10(13)16/h2-7H,1H3,(H2,17,18). The van der Waals surface area contributed by atoms with E-state index >= 15 is 0 Å². The second-order valence-corrected chi connectivity index (χ2v) is 5.18. The number of rotatable bonds is 1. The fourth-order valence-electron chi connectivity index (χ4n) is 2.14. The van der Waals surface area contributed by atoms with Gasteiger partial charge in [-0.1, -0.05) is 35.3 Å². The molecule has 0 saturated heterocycles. The highest BCUT2D eigenvalue weighted by Crippen LogP contribution is 2.33. The van der Waals surface area contributed by atoms with E-state index in [2.05, 4.69) is 4.98 Å². The van der Waals surface area contributed by atoms with Crippen LogP contribution in [-0.4, -0.2) is 9.55 Å². The second kappa shape index (κ2) is 4.44. The smallest absolute Gasteiger partial charge is 0.206 e. The zero-order chi connectivity index (χ0) is 13.6. The van der Waals surface area contributed by atoms with Gasteiger partial charge in [0.25, 0.3) is 0 Å². The maximum atomic E-state index is 6.24. The summed E-state index contributed by atoms with van der Waals surface area (Å²) in [7, 11) is 0. The summed E-state index contributed by atoms with van der Waals surface area (Å²) in [6, 6.07) is 11.3. The highest BCUT2D eigenvalue weighted by molar-refractivity contribution is 6.38. The van der Waals surface area contributed by atoms with Gasteiger partial charge in [-0.15, -0.1) is 0 Å². The zero-order valence-corrected chi connectivity index (χ0v) is 11.7. The first-order valence-corrected chi connectivity index (χ1v) is 6.52. The molecule has 0 saturated carbocycles. The minimum atomic E-state index is 0.371. The molecule has 3 aromatic rings. The van der Waals surface area contributed by atoms with Crippen molar-refractivity contribution in [1.29, 1.82) is 0 Å². The van der Waals surface area contributed by atoms with Crippen LogP contribution in [0.5, 0.6) is 0 Å². The minimum absolute atomic E-state index is 0.371. The molecule has 0 aliphatic heterocycles. The minimum Gasteiger partial charge on any atom is -0.369 e. The second-order valence-electron chi connectivity index (χ2n) is 4.37. The van der Waals surface area contributed by atoms with Gasteiger partial charge in [0.05, 0.1) is 26.8 Å². The highest BCUT2D eigenvalue weighted by atomic mass is 35.5. The number of fused-ring (bicyclic) bond motifs is 1. The van der Waals surface area contributed by atoms with Crippen molar-refractivity contribution in [3.63, 3.8) is 0 Å². The van der Waals surface area contributed by atoms with Crippen molar-refractivity contribution in [3.8, 4) is 5.69 Å². The van der Waals surface area contributed by atoms with Gasteiger partial charge >= 0.3 is 0 Å². The van der Waals surface area contributed by atoms with Crippen molar-refractivity contribution >= 4 is 40.2 Å². The number of nitrogens with zero attached hydrogens (tertiary/aromatic N) is 2. The summed E-state index contributed by atoms with van der Waals surface area (Å²) >= 11 is 12.5. The van der Waals surface area contributed by atoms with Crippen molar-refractivity contribution in [2.24, 2.45) is 0 Å². The van der Waals surface area contributed by atoms with Crippen LogP contribution in [0.3, 0.4) is 0 Å². The molecule has 0 aliphatic rings. The molecule has 0 aliphatic carbocycles. The third-order valence-corrected chi connectivity index (χ3v) is 3.61. The highest BCUT2D eigenvalue weighted by Gasteiger charge is 2.15. The molecule has 0 fully saturated rings. The van der Waals surface area contributed by atoms with Crippen molar-refractivity contribution in [2.75, 3.05) is 5.73 Å². The first-order chi connectivity index (χ1) is 9.08. The number of hydrogen-bond donors (Lipinski definition) is 1.